The molecule has 0 heterocycles. The third-order valence-electron chi connectivity index (χ3n) is 2.53. The third-order valence-corrected chi connectivity index (χ3v) is 2.53. The van der Waals surface area contributed by atoms with Crippen molar-refractivity contribution < 1.29 is 9.90 Å². The maximum atomic E-state index is 10.5. The van der Waals surface area contributed by atoms with Crippen LogP contribution in [0.2, 0.25) is 0 Å². The van der Waals surface area contributed by atoms with Crippen LogP contribution < -0.4 is 5.73 Å². The normalized spacial score (nSPS) is 29.1. The molecule has 1 aliphatic carbocycles. The molecule has 12 heavy (non-hydrogen) atoms. The first-order valence-corrected chi connectivity index (χ1v) is 4.17. The van der Waals surface area contributed by atoms with Crippen molar-refractivity contribution in [3.8, 4) is 0 Å². The molecule has 3 nitrogen and oxygen atoms in total. The van der Waals surface area contributed by atoms with Gasteiger partial charge in [0.05, 0.1) is 5.92 Å². The van der Waals surface area contributed by atoms with E-state index in [1.807, 2.05) is 0 Å². The molecule has 0 aromatic carbocycles. The van der Waals surface area contributed by atoms with Gasteiger partial charge in [-0.05, 0) is 38.1 Å². The Bertz CT molecular complexity index is 144. The minimum atomic E-state index is -0.638. The summed E-state index contributed by atoms with van der Waals surface area (Å²) in [6.45, 7) is 0.715. The first-order chi connectivity index (χ1) is 5.24. The fraction of sp³-hybridized carbons (Fsp3) is 0.875. The second kappa shape index (κ2) is 6.19. The molecule has 4 heteroatoms. The Morgan fingerprint density at radius 2 is 1.83 bits per heavy atom. The molecule has 68 valence electrons. The Labute approximate surface area is 103 Å². The zero-order chi connectivity index (χ0) is 8.27. The average molecular weight is 199 g/mol. The van der Waals surface area contributed by atoms with Crippen LogP contribution in [0.25, 0.3) is 0 Å². The van der Waals surface area contributed by atoms with Crippen LogP contribution >= 0.6 is 0 Å². The van der Waals surface area contributed by atoms with E-state index in [9.17, 15) is 4.79 Å². The number of carboxylic acid groups (broad SMARTS) is 1. The summed E-state index contributed by atoms with van der Waals surface area (Å²) in [5.74, 6) is -0.163. The van der Waals surface area contributed by atoms with E-state index in [1.54, 1.807) is 0 Å². The van der Waals surface area contributed by atoms with E-state index in [0.29, 0.717) is 12.5 Å². The molecule has 0 amide bonds. The van der Waals surface area contributed by atoms with Gasteiger partial charge in [-0.3, -0.25) is 4.79 Å². The zero-order valence-electron chi connectivity index (χ0n) is 6.62. The van der Waals surface area contributed by atoms with Crippen LogP contribution in [0, 0.1) is 11.8 Å². The number of hydrogen-bond acceptors (Lipinski definition) is 2. The van der Waals surface area contributed by atoms with E-state index in [0.717, 1.165) is 25.7 Å². The number of nitrogens with two attached hydrogens (primary N) is 1. The zero-order valence-corrected chi connectivity index (χ0v) is 6.62. The molecule has 0 radical (unpaired) electrons. The van der Waals surface area contributed by atoms with E-state index in [2.05, 4.69) is 0 Å². The first kappa shape index (κ1) is 12.7. The van der Waals surface area contributed by atoms with Crippen molar-refractivity contribution >= 4 is 43.7 Å². The van der Waals surface area contributed by atoms with Crippen LogP contribution in [-0.4, -0.2) is 55.4 Å². The summed E-state index contributed by atoms with van der Waals surface area (Å²) < 4.78 is 0. The molecular formula is C8H17CaNO2. The molecule has 1 rings (SSSR count). The molecule has 1 saturated carbocycles. The van der Waals surface area contributed by atoms with Gasteiger partial charge in [0, 0.05) is 0 Å². The Morgan fingerprint density at radius 3 is 2.17 bits per heavy atom. The second-order valence-corrected chi connectivity index (χ2v) is 3.29. The van der Waals surface area contributed by atoms with Gasteiger partial charge in [0.1, 0.15) is 0 Å². The van der Waals surface area contributed by atoms with Gasteiger partial charge in [-0.15, -0.1) is 0 Å². The predicted octanol–water partition coefficient (Wildman–Crippen LogP) is -0.0801. The Morgan fingerprint density at radius 1 is 1.33 bits per heavy atom. The average Bonchev–Trinajstić information content (AvgIpc) is 2.05. The fourth-order valence-corrected chi connectivity index (χ4v) is 1.65. The van der Waals surface area contributed by atoms with E-state index in [-0.39, 0.29) is 43.7 Å². The van der Waals surface area contributed by atoms with Gasteiger partial charge < -0.3 is 10.8 Å². The SMILES string of the molecule is NC[C@H]1CC[C@H](C(=O)O)CC1.[CaH2]. The quantitative estimate of drug-likeness (QED) is 0.611. The van der Waals surface area contributed by atoms with Crippen molar-refractivity contribution in [2.75, 3.05) is 6.54 Å². The van der Waals surface area contributed by atoms with Crippen LogP contribution in [0.4, 0.5) is 0 Å². The van der Waals surface area contributed by atoms with Crippen molar-refractivity contribution in [2.45, 2.75) is 25.7 Å². The van der Waals surface area contributed by atoms with Crippen molar-refractivity contribution in [1.29, 1.82) is 0 Å². The van der Waals surface area contributed by atoms with Crippen molar-refractivity contribution in [3.63, 3.8) is 0 Å². The van der Waals surface area contributed by atoms with Gasteiger partial charge in [0.15, 0.2) is 0 Å². The summed E-state index contributed by atoms with van der Waals surface area (Å²) in [4.78, 5) is 10.5. The van der Waals surface area contributed by atoms with E-state index >= 15 is 0 Å². The van der Waals surface area contributed by atoms with Crippen LogP contribution in [-0.2, 0) is 4.79 Å². The fourth-order valence-electron chi connectivity index (χ4n) is 1.65. The molecule has 0 spiro atoms. The third kappa shape index (κ3) is 3.60. The molecule has 3 N–H and O–H groups in total. The second-order valence-electron chi connectivity index (χ2n) is 3.29. The summed E-state index contributed by atoms with van der Waals surface area (Å²) in [6.07, 6.45) is 3.62. The van der Waals surface area contributed by atoms with Gasteiger partial charge in [-0.1, -0.05) is 0 Å². The van der Waals surface area contributed by atoms with Gasteiger partial charge in [0.25, 0.3) is 0 Å². The van der Waals surface area contributed by atoms with Crippen LogP contribution in [0.15, 0.2) is 0 Å². The topological polar surface area (TPSA) is 63.3 Å². The van der Waals surface area contributed by atoms with E-state index < -0.39 is 5.97 Å². The summed E-state index contributed by atoms with van der Waals surface area (Å²) in [7, 11) is 0. The van der Waals surface area contributed by atoms with E-state index in [4.69, 9.17) is 10.8 Å². The number of carbonyl (C=O) groups is 1. The van der Waals surface area contributed by atoms with Crippen molar-refractivity contribution in [1.82, 2.24) is 0 Å². The van der Waals surface area contributed by atoms with Crippen LogP contribution in [0.1, 0.15) is 25.7 Å². The van der Waals surface area contributed by atoms with Crippen molar-refractivity contribution in [2.24, 2.45) is 17.6 Å². The maximum absolute atomic E-state index is 10.5. The van der Waals surface area contributed by atoms with Gasteiger partial charge in [-0.2, -0.15) is 0 Å². The Balaban J connectivity index is 0.00000121. The molecule has 0 atom stereocenters. The van der Waals surface area contributed by atoms with Gasteiger partial charge >= 0.3 is 43.7 Å². The Kier molecular flexibility index (Phi) is 6.55. The van der Waals surface area contributed by atoms with E-state index in [1.165, 1.54) is 0 Å². The number of aliphatic carboxylic acids is 1. The molecule has 0 aromatic heterocycles. The standard InChI is InChI=1S/C8H15NO2.Ca.2H/c9-5-6-1-3-7(4-2-6)8(10)11;;;/h6-7H,1-5,9H2,(H,10,11);;;/t6-,7-;;;. The molecule has 1 fully saturated rings. The molecule has 0 bridgehead atoms. The molecular weight excluding hydrogens is 182 g/mol. The summed E-state index contributed by atoms with van der Waals surface area (Å²) >= 11 is 0. The minimum absolute atomic E-state index is 0. The van der Waals surface area contributed by atoms with Gasteiger partial charge in [-0.25, -0.2) is 0 Å². The predicted molar refractivity (Wildman–Crippen MR) is 50.7 cm³/mol. The number of carboxylic acids is 1. The van der Waals surface area contributed by atoms with Crippen LogP contribution in [0.5, 0.6) is 0 Å². The first-order valence-electron chi connectivity index (χ1n) is 4.17. The molecule has 1 aliphatic rings. The summed E-state index contributed by atoms with van der Waals surface area (Å²) in [5, 5.41) is 8.67. The molecule has 0 saturated heterocycles. The molecule has 0 aromatic rings. The molecule has 0 unspecified atom stereocenters. The molecule has 0 aliphatic heterocycles. The van der Waals surface area contributed by atoms with Crippen LogP contribution in [0.3, 0.4) is 0 Å². The summed E-state index contributed by atoms with van der Waals surface area (Å²) in [5.41, 5.74) is 5.48. The van der Waals surface area contributed by atoms with Gasteiger partial charge in [0.2, 0.25) is 0 Å². The Hall–Kier alpha value is 0.690. The van der Waals surface area contributed by atoms with Crippen molar-refractivity contribution in [3.05, 3.63) is 0 Å². The monoisotopic (exact) mass is 199 g/mol. The number of hydrogen-bond donors (Lipinski definition) is 2. The number of rotatable bonds is 2. The summed E-state index contributed by atoms with van der Waals surface area (Å²) in [6, 6.07) is 0.